The first kappa shape index (κ1) is 15.2. The van der Waals surface area contributed by atoms with Gasteiger partial charge in [-0.3, -0.25) is 0 Å². The number of aryl methyl sites for hydroxylation is 1. The van der Waals surface area contributed by atoms with Crippen LogP contribution in [0.4, 0.5) is 0 Å². The third kappa shape index (κ3) is 4.45. The van der Waals surface area contributed by atoms with Crippen molar-refractivity contribution >= 4 is 0 Å². The number of nitrogens with two attached hydrogens (primary N) is 1. The van der Waals surface area contributed by atoms with Crippen molar-refractivity contribution in [3.05, 3.63) is 35.4 Å². The lowest BCUT2D eigenvalue weighted by Gasteiger charge is -2.29. The first-order chi connectivity index (χ1) is 8.34. The molecule has 2 atom stereocenters. The second kappa shape index (κ2) is 6.38. The third-order valence-corrected chi connectivity index (χ3v) is 4.00. The van der Waals surface area contributed by atoms with E-state index in [0.29, 0.717) is 11.3 Å². The van der Waals surface area contributed by atoms with Crippen molar-refractivity contribution in [2.24, 2.45) is 17.1 Å². The van der Waals surface area contributed by atoms with Crippen LogP contribution in [0.5, 0.6) is 0 Å². The van der Waals surface area contributed by atoms with Crippen molar-refractivity contribution in [1.82, 2.24) is 0 Å². The summed E-state index contributed by atoms with van der Waals surface area (Å²) >= 11 is 0. The molecular formula is C17H29N. The van der Waals surface area contributed by atoms with Gasteiger partial charge in [0.2, 0.25) is 0 Å². The predicted octanol–water partition coefficient (Wildman–Crippen LogP) is 4.71. The smallest absolute Gasteiger partial charge is 0.0297 e. The Bertz CT molecular complexity index is 362. The van der Waals surface area contributed by atoms with Crippen LogP contribution in [-0.4, -0.2) is 0 Å². The minimum Gasteiger partial charge on any atom is -0.324 e. The molecule has 1 heteroatoms. The molecule has 0 aliphatic carbocycles. The zero-order chi connectivity index (χ0) is 13.8. The van der Waals surface area contributed by atoms with Gasteiger partial charge in [0.25, 0.3) is 0 Å². The first-order valence-electron chi connectivity index (χ1n) is 7.19. The maximum absolute atomic E-state index is 6.36. The van der Waals surface area contributed by atoms with Crippen LogP contribution in [0.1, 0.15) is 64.6 Å². The summed E-state index contributed by atoms with van der Waals surface area (Å²) in [6.45, 7) is 11.4. The molecule has 1 rings (SSSR count). The summed E-state index contributed by atoms with van der Waals surface area (Å²) in [5, 5.41) is 0. The average Bonchev–Trinajstić information content (AvgIpc) is 2.28. The van der Waals surface area contributed by atoms with Crippen LogP contribution in [0.25, 0.3) is 0 Å². The van der Waals surface area contributed by atoms with Crippen molar-refractivity contribution in [3.63, 3.8) is 0 Å². The summed E-state index contributed by atoms with van der Waals surface area (Å²) < 4.78 is 0. The second-order valence-electron chi connectivity index (χ2n) is 6.60. The molecule has 0 heterocycles. The lowest BCUT2D eigenvalue weighted by molar-refractivity contribution is 0.234. The molecule has 0 amide bonds. The zero-order valence-electron chi connectivity index (χ0n) is 12.7. The molecule has 0 aromatic heterocycles. The lowest BCUT2D eigenvalue weighted by Crippen LogP contribution is -2.23. The molecule has 0 aliphatic heterocycles. The van der Waals surface area contributed by atoms with Crippen LogP contribution in [0.15, 0.2) is 24.3 Å². The van der Waals surface area contributed by atoms with E-state index in [2.05, 4.69) is 58.9 Å². The largest absolute Gasteiger partial charge is 0.324 e. The molecule has 18 heavy (non-hydrogen) atoms. The minimum absolute atomic E-state index is 0.163. The van der Waals surface area contributed by atoms with Gasteiger partial charge < -0.3 is 5.73 Å². The number of benzene rings is 1. The van der Waals surface area contributed by atoms with Gasteiger partial charge in [0.05, 0.1) is 0 Å². The van der Waals surface area contributed by atoms with Crippen LogP contribution in [0.2, 0.25) is 0 Å². The summed E-state index contributed by atoms with van der Waals surface area (Å²) in [5.74, 6) is 0.627. The van der Waals surface area contributed by atoms with Gasteiger partial charge in [-0.1, -0.05) is 65.3 Å². The SMILES string of the molecule is CCCc1cccc(C(N)CC(C)C(C)(C)C)c1. The van der Waals surface area contributed by atoms with Gasteiger partial charge in [-0.05, 0) is 35.3 Å². The van der Waals surface area contributed by atoms with E-state index in [0.717, 1.165) is 12.8 Å². The Morgan fingerprint density at radius 2 is 1.89 bits per heavy atom. The molecule has 0 saturated carbocycles. The van der Waals surface area contributed by atoms with E-state index in [9.17, 15) is 0 Å². The highest BCUT2D eigenvalue weighted by Gasteiger charge is 2.22. The number of hydrogen-bond donors (Lipinski definition) is 1. The van der Waals surface area contributed by atoms with Crippen molar-refractivity contribution in [2.75, 3.05) is 0 Å². The van der Waals surface area contributed by atoms with E-state index in [1.807, 2.05) is 0 Å². The molecule has 1 aromatic carbocycles. The molecule has 102 valence electrons. The van der Waals surface area contributed by atoms with E-state index in [4.69, 9.17) is 5.73 Å². The highest BCUT2D eigenvalue weighted by atomic mass is 14.6. The number of hydrogen-bond acceptors (Lipinski definition) is 1. The first-order valence-corrected chi connectivity index (χ1v) is 7.19. The van der Waals surface area contributed by atoms with E-state index in [1.54, 1.807) is 0 Å². The van der Waals surface area contributed by atoms with Crippen molar-refractivity contribution in [3.8, 4) is 0 Å². The topological polar surface area (TPSA) is 26.0 Å². The molecule has 2 unspecified atom stereocenters. The Balaban J connectivity index is 2.72. The van der Waals surface area contributed by atoms with Gasteiger partial charge in [-0.15, -0.1) is 0 Å². The Morgan fingerprint density at radius 3 is 2.44 bits per heavy atom. The summed E-state index contributed by atoms with van der Waals surface area (Å²) in [7, 11) is 0. The fourth-order valence-corrected chi connectivity index (χ4v) is 2.14. The van der Waals surface area contributed by atoms with Crippen LogP contribution >= 0.6 is 0 Å². The van der Waals surface area contributed by atoms with Crippen molar-refractivity contribution < 1.29 is 0 Å². The Hall–Kier alpha value is -0.820. The quantitative estimate of drug-likeness (QED) is 0.801. The van der Waals surface area contributed by atoms with Gasteiger partial charge in [-0.2, -0.15) is 0 Å². The Kier molecular flexibility index (Phi) is 5.40. The van der Waals surface area contributed by atoms with E-state index in [1.165, 1.54) is 17.5 Å². The molecule has 1 aromatic rings. The molecular weight excluding hydrogens is 218 g/mol. The Morgan fingerprint density at radius 1 is 1.22 bits per heavy atom. The van der Waals surface area contributed by atoms with Gasteiger partial charge in [0.15, 0.2) is 0 Å². The maximum atomic E-state index is 6.36. The Labute approximate surface area is 113 Å². The fraction of sp³-hybridized carbons (Fsp3) is 0.647. The molecule has 2 N–H and O–H groups in total. The van der Waals surface area contributed by atoms with Gasteiger partial charge >= 0.3 is 0 Å². The summed E-state index contributed by atoms with van der Waals surface area (Å²) in [4.78, 5) is 0. The van der Waals surface area contributed by atoms with E-state index < -0.39 is 0 Å². The summed E-state index contributed by atoms with van der Waals surface area (Å²) in [6.07, 6.45) is 3.39. The molecule has 0 aliphatic rings. The highest BCUT2D eigenvalue weighted by molar-refractivity contribution is 5.26. The van der Waals surface area contributed by atoms with Crippen LogP contribution in [-0.2, 0) is 6.42 Å². The number of rotatable bonds is 5. The predicted molar refractivity (Wildman–Crippen MR) is 80.6 cm³/mol. The monoisotopic (exact) mass is 247 g/mol. The van der Waals surface area contributed by atoms with Gasteiger partial charge in [-0.25, -0.2) is 0 Å². The van der Waals surface area contributed by atoms with Crippen LogP contribution in [0.3, 0.4) is 0 Å². The summed E-state index contributed by atoms with van der Waals surface area (Å²) in [5.41, 5.74) is 9.39. The standard InChI is InChI=1S/C17H29N/c1-6-8-14-9-7-10-15(12-14)16(18)11-13(2)17(3,4)5/h7,9-10,12-13,16H,6,8,11,18H2,1-5H3. The summed E-state index contributed by atoms with van der Waals surface area (Å²) in [6, 6.07) is 8.95. The third-order valence-electron chi connectivity index (χ3n) is 4.00. The van der Waals surface area contributed by atoms with Crippen LogP contribution in [0, 0.1) is 11.3 Å². The molecule has 0 radical (unpaired) electrons. The average molecular weight is 247 g/mol. The lowest BCUT2D eigenvalue weighted by atomic mass is 9.77. The second-order valence-corrected chi connectivity index (χ2v) is 6.60. The van der Waals surface area contributed by atoms with E-state index >= 15 is 0 Å². The van der Waals surface area contributed by atoms with Crippen LogP contribution < -0.4 is 5.73 Å². The van der Waals surface area contributed by atoms with E-state index in [-0.39, 0.29) is 6.04 Å². The molecule has 0 saturated heterocycles. The molecule has 1 nitrogen and oxygen atoms in total. The minimum atomic E-state index is 0.163. The molecule has 0 spiro atoms. The molecule has 0 fully saturated rings. The normalized spacial score (nSPS) is 15.4. The highest BCUT2D eigenvalue weighted by Crippen LogP contribution is 2.32. The maximum Gasteiger partial charge on any atom is 0.0297 e. The molecule has 0 bridgehead atoms. The van der Waals surface area contributed by atoms with Crippen molar-refractivity contribution in [2.45, 2.75) is 59.9 Å². The van der Waals surface area contributed by atoms with Crippen molar-refractivity contribution in [1.29, 1.82) is 0 Å². The zero-order valence-corrected chi connectivity index (χ0v) is 12.7. The fourth-order valence-electron chi connectivity index (χ4n) is 2.14. The van der Waals surface area contributed by atoms with Gasteiger partial charge in [0.1, 0.15) is 0 Å². The van der Waals surface area contributed by atoms with Gasteiger partial charge in [0, 0.05) is 6.04 Å².